The number of nitrogens with zero attached hydrogens (tertiary/aromatic N) is 4. The average Bonchev–Trinajstić information content (AvgIpc) is 2.86. The summed E-state index contributed by atoms with van der Waals surface area (Å²) in [7, 11) is 1.60. The molecule has 20 heavy (non-hydrogen) atoms. The molecule has 1 heterocycles. The van der Waals surface area contributed by atoms with Gasteiger partial charge in [-0.05, 0) is 17.7 Å². The van der Waals surface area contributed by atoms with Gasteiger partial charge < -0.3 is 4.74 Å². The van der Waals surface area contributed by atoms with Crippen LogP contribution in [0.15, 0.2) is 39.8 Å². The van der Waals surface area contributed by atoms with E-state index < -0.39 is 0 Å². The van der Waals surface area contributed by atoms with Gasteiger partial charge in [-0.1, -0.05) is 21.2 Å². The van der Waals surface area contributed by atoms with Crippen molar-refractivity contribution in [1.82, 2.24) is 5.48 Å². The molecule has 0 radical (unpaired) electrons. The molecule has 0 bridgehead atoms. The highest BCUT2D eigenvalue weighted by molar-refractivity contribution is 7.74. The summed E-state index contributed by atoms with van der Waals surface area (Å²) in [5.74, 6) is 0.388. The molecule has 2 rings (SSSR count). The van der Waals surface area contributed by atoms with E-state index in [1.807, 2.05) is 24.3 Å². The number of amides is 1. The number of quaternary nitrogens is 1. The van der Waals surface area contributed by atoms with E-state index in [1.54, 1.807) is 7.11 Å². The summed E-state index contributed by atoms with van der Waals surface area (Å²) >= 11 is 4.13. The van der Waals surface area contributed by atoms with Crippen molar-refractivity contribution < 1.29 is 18.4 Å². The van der Waals surface area contributed by atoms with E-state index in [1.165, 1.54) is 6.34 Å². The van der Waals surface area contributed by atoms with Crippen LogP contribution in [-0.2, 0) is 16.2 Å². The van der Waals surface area contributed by atoms with Crippen LogP contribution >= 0.6 is 12.8 Å². The third kappa shape index (κ3) is 4.02. The molecular formula is C11H14N5O3S+. The van der Waals surface area contributed by atoms with Gasteiger partial charge in [-0.25, -0.2) is 5.48 Å². The first kappa shape index (κ1) is 14.4. The fourth-order valence-corrected chi connectivity index (χ4v) is 1.67. The molecule has 0 fully saturated rings. The second kappa shape index (κ2) is 6.46. The Bertz CT molecular complexity index is 519. The van der Waals surface area contributed by atoms with E-state index in [0.717, 1.165) is 11.3 Å². The van der Waals surface area contributed by atoms with E-state index in [2.05, 4.69) is 33.8 Å². The van der Waals surface area contributed by atoms with Crippen LogP contribution in [0.2, 0.25) is 0 Å². The van der Waals surface area contributed by atoms with Gasteiger partial charge in [0.1, 0.15) is 5.75 Å². The summed E-state index contributed by atoms with van der Waals surface area (Å²) in [5, 5.41) is 10.6. The summed E-state index contributed by atoms with van der Waals surface area (Å²) in [5.41, 5.74) is 3.22. The molecule has 0 aromatic heterocycles. The third-order valence-corrected chi connectivity index (χ3v) is 2.77. The minimum absolute atomic E-state index is 0.0568. The molecule has 1 aromatic rings. The van der Waals surface area contributed by atoms with Crippen molar-refractivity contribution >= 4 is 25.1 Å². The highest BCUT2D eigenvalue weighted by atomic mass is 32.1. The number of carbonyl (C=O) groups excluding carboxylic acids is 1. The minimum atomic E-state index is -0.374. The van der Waals surface area contributed by atoms with Gasteiger partial charge >= 0.3 is 5.91 Å². The molecule has 8 nitrogen and oxygen atoms in total. The number of hydrogen-bond donors (Lipinski definition) is 2. The van der Waals surface area contributed by atoms with Crippen LogP contribution in [0, 0.1) is 0 Å². The second-order valence-electron chi connectivity index (χ2n) is 4.02. The molecule has 1 N–H and O–H groups in total. The first-order chi connectivity index (χ1) is 9.61. The Balaban J connectivity index is 1.73. The van der Waals surface area contributed by atoms with Crippen LogP contribution < -0.4 is 10.2 Å². The number of nitrogens with one attached hydrogen (secondary N) is 1. The topological polar surface area (TPSA) is 84.6 Å². The number of ether oxygens (including phenoxy) is 1. The summed E-state index contributed by atoms with van der Waals surface area (Å²) in [6.07, 6.45) is 1.34. The van der Waals surface area contributed by atoms with Crippen molar-refractivity contribution in [2.45, 2.75) is 6.61 Å². The molecule has 0 aliphatic carbocycles. The highest BCUT2D eigenvalue weighted by Gasteiger charge is 2.30. The van der Waals surface area contributed by atoms with Crippen molar-refractivity contribution in [3.63, 3.8) is 0 Å². The van der Waals surface area contributed by atoms with Crippen LogP contribution in [0.1, 0.15) is 5.56 Å². The first-order valence-corrected chi connectivity index (χ1v) is 6.12. The predicted octanol–water partition coefficient (Wildman–Crippen LogP) is 1.23. The molecule has 1 unspecified atom stereocenters. The third-order valence-electron chi connectivity index (χ3n) is 2.44. The molecule has 1 aliphatic heterocycles. The van der Waals surface area contributed by atoms with Gasteiger partial charge in [0, 0.05) is 5.22 Å². The Hall–Kier alpha value is -1.97. The summed E-state index contributed by atoms with van der Waals surface area (Å²) in [6.45, 7) is 0.191. The molecular weight excluding hydrogens is 282 g/mol. The Morgan fingerprint density at radius 2 is 2.15 bits per heavy atom. The Morgan fingerprint density at radius 1 is 1.40 bits per heavy atom. The van der Waals surface area contributed by atoms with Crippen LogP contribution in [0.3, 0.4) is 0 Å². The van der Waals surface area contributed by atoms with E-state index in [-0.39, 0.29) is 23.1 Å². The summed E-state index contributed by atoms with van der Waals surface area (Å²) in [6, 6.07) is 7.32. The van der Waals surface area contributed by atoms with E-state index in [9.17, 15) is 4.79 Å². The second-order valence-corrected chi connectivity index (χ2v) is 4.71. The molecule has 0 spiro atoms. The number of rotatable bonds is 6. The molecule has 1 aliphatic rings. The number of methoxy groups -OCH3 is 1. The highest BCUT2D eigenvalue weighted by Crippen LogP contribution is 2.14. The maximum Gasteiger partial charge on any atom is 0.302 e. The average molecular weight is 296 g/mol. The monoisotopic (exact) mass is 296 g/mol. The van der Waals surface area contributed by atoms with Gasteiger partial charge in [0.25, 0.3) is 6.34 Å². The SMILES string of the molecule is COc1ccc(CONC(=O)C[N+]2(S)C=NN=N2)cc1. The number of thiol groups is 1. The van der Waals surface area contributed by atoms with Gasteiger partial charge in [-0.2, -0.15) is 0 Å². The van der Waals surface area contributed by atoms with Gasteiger partial charge in [0.2, 0.25) is 6.54 Å². The maximum absolute atomic E-state index is 11.6. The molecule has 1 amide bonds. The van der Waals surface area contributed by atoms with E-state index in [4.69, 9.17) is 9.57 Å². The van der Waals surface area contributed by atoms with Crippen molar-refractivity contribution in [2.24, 2.45) is 15.5 Å². The van der Waals surface area contributed by atoms with Crippen LogP contribution in [0.25, 0.3) is 0 Å². The smallest absolute Gasteiger partial charge is 0.302 e. The summed E-state index contributed by atoms with van der Waals surface area (Å²) < 4.78 is 4.72. The van der Waals surface area contributed by atoms with Crippen LogP contribution in [-0.4, -0.2) is 29.9 Å². The lowest BCUT2D eigenvalue weighted by atomic mass is 10.2. The lowest BCUT2D eigenvalue weighted by Crippen LogP contribution is -2.40. The molecule has 1 aromatic carbocycles. The van der Waals surface area contributed by atoms with E-state index in [0.29, 0.717) is 0 Å². The lowest BCUT2D eigenvalue weighted by Gasteiger charge is -2.13. The van der Waals surface area contributed by atoms with E-state index >= 15 is 0 Å². The fraction of sp³-hybridized carbons (Fsp3) is 0.273. The van der Waals surface area contributed by atoms with Crippen molar-refractivity contribution in [3.05, 3.63) is 29.8 Å². The van der Waals surface area contributed by atoms with Gasteiger partial charge in [0.15, 0.2) is 0 Å². The molecule has 0 saturated carbocycles. The zero-order valence-corrected chi connectivity index (χ0v) is 11.7. The van der Waals surface area contributed by atoms with Crippen molar-refractivity contribution in [3.8, 4) is 5.75 Å². The Morgan fingerprint density at radius 3 is 2.75 bits per heavy atom. The van der Waals surface area contributed by atoms with Crippen molar-refractivity contribution in [2.75, 3.05) is 13.7 Å². The minimum Gasteiger partial charge on any atom is -0.497 e. The summed E-state index contributed by atoms with van der Waals surface area (Å²) in [4.78, 5) is 16.7. The number of hydrogen-bond acceptors (Lipinski definition) is 7. The van der Waals surface area contributed by atoms with Crippen molar-refractivity contribution in [1.29, 1.82) is 0 Å². The Labute approximate surface area is 121 Å². The molecule has 9 heteroatoms. The zero-order valence-electron chi connectivity index (χ0n) is 10.8. The normalized spacial score (nSPS) is 20.1. The fourth-order valence-electron chi connectivity index (χ4n) is 1.46. The number of benzene rings is 1. The number of carbonyl (C=O) groups is 1. The zero-order chi connectivity index (χ0) is 14.4. The maximum atomic E-state index is 11.6. The largest absolute Gasteiger partial charge is 0.497 e. The lowest BCUT2D eigenvalue weighted by molar-refractivity contribution is -0.686. The number of hydroxylamine groups is 1. The Kier molecular flexibility index (Phi) is 4.66. The molecule has 106 valence electrons. The molecule has 1 atom stereocenters. The quantitative estimate of drug-likeness (QED) is 0.470. The van der Waals surface area contributed by atoms with Crippen LogP contribution in [0.4, 0.5) is 0 Å². The standard InChI is InChI=1S/C11H13N5O3S/c1-18-10-4-2-9(3-5-10)7-19-13-11(17)6-16(20)8-12-14-15-16/h2-5,8,20H,6-7H2,1H3/p+1. The van der Waals surface area contributed by atoms with Gasteiger partial charge in [-0.3, -0.25) is 9.63 Å². The van der Waals surface area contributed by atoms with Crippen LogP contribution in [0.5, 0.6) is 5.75 Å². The van der Waals surface area contributed by atoms with Gasteiger partial charge in [0.05, 0.1) is 31.8 Å². The van der Waals surface area contributed by atoms with Gasteiger partial charge in [-0.15, -0.1) is 0 Å². The molecule has 0 saturated heterocycles. The first-order valence-electron chi connectivity index (χ1n) is 5.72. The predicted molar refractivity (Wildman–Crippen MR) is 73.4 cm³/mol.